The first-order valence-electron chi connectivity index (χ1n) is 8.24. The topological polar surface area (TPSA) is 35.8 Å². The molecular formula is C21H24N2. The predicted octanol–water partition coefficient (Wildman–Crippen LogP) is 5.59. The second-order valence-corrected chi connectivity index (χ2v) is 7.68. The number of aryl methyl sites for hydroxylation is 1. The van der Waals surface area contributed by atoms with E-state index in [1.54, 1.807) is 0 Å². The van der Waals surface area contributed by atoms with Crippen molar-refractivity contribution in [2.45, 2.75) is 51.4 Å². The summed E-state index contributed by atoms with van der Waals surface area (Å²) >= 11 is 0. The van der Waals surface area contributed by atoms with E-state index in [4.69, 9.17) is 0 Å². The van der Waals surface area contributed by atoms with Gasteiger partial charge in [0, 0.05) is 11.4 Å². The van der Waals surface area contributed by atoms with Gasteiger partial charge in [-0.1, -0.05) is 45.0 Å². The summed E-state index contributed by atoms with van der Waals surface area (Å²) in [5, 5.41) is 12.8. The Morgan fingerprint density at radius 2 is 1.70 bits per heavy atom. The number of benzene rings is 2. The van der Waals surface area contributed by atoms with Crippen LogP contribution in [0, 0.1) is 18.3 Å². The molecule has 0 atom stereocenters. The van der Waals surface area contributed by atoms with E-state index in [-0.39, 0.29) is 10.8 Å². The fourth-order valence-corrected chi connectivity index (χ4v) is 2.84. The van der Waals surface area contributed by atoms with Crippen molar-refractivity contribution in [1.29, 1.82) is 5.26 Å². The fraction of sp³-hybridized carbons (Fsp3) is 0.381. The van der Waals surface area contributed by atoms with Crippen LogP contribution < -0.4 is 5.32 Å². The molecule has 3 rings (SSSR count). The molecule has 2 heteroatoms. The predicted molar refractivity (Wildman–Crippen MR) is 96.1 cm³/mol. The molecule has 1 N–H and O–H groups in total. The first-order valence-corrected chi connectivity index (χ1v) is 8.24. The van der Waals surface area contributed by atoms with Crippen LogP contribution in [0.4, 0.5) is 11.4 Å². The Kier molecular flexibility index (Phi) is 3.68. The van der Waals surface area contributed by atoms with Crippen molar-refractivity contribution < 1.29 is 0 Å². The van der Waals surface area contributed by atoms with Crippen molar-refractivity contribution in [2.24, 2.45) is 0 Å². The molecule has 0 heterocycles. The molecule has 0 spiro atoms. The average Bonchev–Trinajstić information content (AvgIpc) is 3.30. The zero-order valence-corrected chi connectivity index (χ0v) is 14.4. The number of nitrogens with one attached hydrogen (secondary N) is 1. The lowest BCUT2D eigenvalue weighted by Gasteiger charge is -2.21. The number of hydrogen-bond donors (Lipinski definition) is 1. The summed E-state index contributed by atoms with van der Waals surface area (Å²) in [7, 11) is 0. The first kappa shape index (κ1) is 15.6. The van der Waals surface area contributed by atoms with Crippen LogP contribution in [0.15, 0.2) is 42.5 Å². The number of anilines is 2. The van der Waals surface area contributed by atoms with E-state index in [0.29, 0.717) is 0 Å². The summed E-state index contributed by atoms with van der Waals surface area (Å²) in [5.74, 6) is 0. The van der Waals surface area contributed by atoms with Crippen molar-refractivity contribution in [3.63, 3.8) is 0 Å². The largest absolute Gasteiger partial charge is 0.355 e. The van der Waals surface area contributed by atoms with Gasteiger partial charge in [-0.05, 0) is 60.1 Å². The van der Waals surface area contributed by atoms with Crippen LogP contribution in [0.3, 0.4) is 0 Å². The molecule has 0 radical (unpaired) electrons. The van der Waals surface area contributed by atoms with Crippen LogP contribution in [0.1, 0.15) is 50.3 Å². The highest BCUT2D eigenvalue weighted by Crippen LogP contribution is 2.47. The minimum Gasteiger partial charge on any atom is -0.355 e. The summed E-state index contributed by atoms with van der Waals surface area (Å²) in [6.07, 6.45) is 1.98. The zero-order valence-electron chi connectivity index (χ0n) is 14.4. The van der Waals surface area contributed by atoms with Gasteiger partial charge in [0.05, 0.1) is 11.5 Å². The SMILES string of the molecule is Cc1ccc(C(C)(C)C)cc1Nc1ccc(C2(C#N)CC2)cc1. The zero-order chi connectivity index (χ0) is 16.7. The van der Waals surface area contributed by atoms with E-state index in [1.165, 1.54) is 11.1 Å². The lowest BCUT2D eigenvalue weighted by atomic mass is 9.86. The lowest BCUT2D eigenvalue weighted by molar-refractivity contribution is 0.590. The second-order valence-electron chi connectivity index (χ2n) is 7.68. The Labute approximate surface area is 139 Å². The Morgan fingerprint density at radius 1 is 1.04 bits per heavy atom. The standard InChI is InChI=1S/C21H24N2/c1-15-5-6-17(20(2,3)4)13-19(15)23-18-9-7-16(8-10-18)21(14-22)11-12-21/h5-10,13,23H,11-12H2,1-4H3. The van der Waals surface area contributed by atoms with E-state index in [2.05, 4.69) is 81.5 Å². The van der Waals surface area contributed by atoms with E-state index in [0.717, 1.165) is 29.8 Å². The summed E-state index contributed by atoms with van der Waals surface area (Å²) in [6, 6.07) is 17.4. The van der Waals surface area contributed by atoms with E-state index >= 15 is 0 Å². The number of nitrogens with zero attached hydrogens (tertiary/aromatic N) is 1. The van der Waals surface area contributed by atoms with Gasteiger partial charge in [-0.3, -0.25) is 0 Å². The maximum absolute atomic E-state index is 9.29. The van der Waals surface area contributed by atoms with Gasteiger partial charge in [0.1, 0.15) is 0 Å². The van der Waals surface area contributed by atoms with Crippen LogP contribution in [0.25, 0.3) is 0 Å². The van der Waals surface area contributed by atoms with E-state index < -0.39 is 0 Å². The number of rotatable bonds is 3. The normalized spacial score (nSPS) is 15.8. The third-order valence-electron chi connectivity index (χ3n) is 4.78. The molecule has 1 fully saturated rings. The third-order valence-corrected chi connectivity index (χ3v) is 4.78. The first-order chi connectivity index (χ1) is 10.8. The van der Waals surface area contributed by atoms with Crippen LogP contribution >= 0.6 is 0 Å². The van der Waals surface area contributed by atoms with Crippen LogP contribution in [-0.2, 0) is 10.8 Å². The molecular weight excluding hydrogens is 280 g/mol. The molecule has 1 aliphatic carbocycles. The Bertz CT molecular complexity index is 754. The van der Waals surface area contributed by atoms with Crippen LogP contribution in [-0.4, -0.2) is 0 Å². The van der Waals surface area contributed by atoms with Crippen LogP contribution in [0.2, 0.25) is 0 Å². The summed E-state index contributed by atoms with van der Waals surface area (Å²) in [5.41, 5.74) is 5.84. The molecule has 1 saturated carbocycles. The molecule has 0 aliphatic heterocycles. The Balaban J connectivity index is 1.84. The van der Waals surface area contributed by atoms with Crippen LogP contribution in [0.5, 0.6) is 0 Å². The summed E-state index contributed by atoms with van der Waals surface area (Å²) in [6.45, 7) is 8.81. The van der Waals surface area contributed by atoms with Crippen molar-refractivity contribution in [3.8, 4) is 6.07 Å². The van der Waals surface area contributed by atoms with Gasteiger partial charge in [0.15, 0.2) is 0 Å². The molecule has 2 nitrogen and oxygen atoms in total. The smallest absolute Gasteiger partial charge is 0.0823 e. The fourth-order valence-electron chi connectivity index (χ4n) is 2.84. The van der Waals surface area contributed by atoms with Crippen molar-refractivity contribution in [2.75, 3.05) is 5.32 Å². The van der Waals surface area contributed by atoms with Gasteiger partial charge in [0.25, 0.3) is 0 Å². The van der Waals surface area contributed by atoms with Gasteiger partial charge < -0.3 is 5.32 Å². The molecule has 118 valence electrons. The van der Waals surface area contributed by atoms with Gasteiger partial charge >= 0.3 is 0 Å². The molecule has 23 heavy (non-hydrogen) atoms. The lowest BCUT2D eigenvalue weighted by Crippen LogP contribution is -2.11. The molecule has 0 aromatic heterocycles. The Hall–Kier alpha value is -2.27. The summed E-state index contributed by atoms with van der Waals surface area (Å²) in [4.78, 5) is 0. The monoisotopic (exact) mass is 304 g/mol. The highest BCUT2D eigenvalue weighted by atomic mass is 14.9. The molecule has 0 bridgehead atoms. The van der Waals surface area contributed by atoms with E-state index in [1.807, 2.05) is 0 Å². The second kappa shape index (κ2) is 5.42. The molecule has 2 aromatic carbocycles. The number of nitriles is 1. The molecule has 0 amide bonds. The highest BCUT2D eigenvalue weighted by Gasteiger charge is 2.44. The summed E-state index contributed by atoms with van der Waals surface area (Å²) < 4.78 is 0. The maximum atomic E-state index is 9.29. The Morgan fingerprint density at radius 3 is 2.22 bits per heavy atom. The minimum atomic E-state index is -0.208. The van der Waals surface area contributed by atoms with Gasteiger partial charge in [-0.2, -0.15) is 5.26 Å². The molecule has 2 aromatic rings. The minimum absolute atomic E-state index is 0.138. The van der Waals surface area contributed by atoms with Crippen molar-refractivity contribution in [1.82, 2.24) is 0 Å². The van der Waals surface area contributed by atoms with Gasteiger partial charge in [-0.15, -0.1) is 0 Å². The molecule has 0 saturated heterocycles. The maximum Gasteiger partial charge on any atom is 0.0823 e. The molecule has 0 unspecified atom stereocenters. The highest BCUT2D eigenvalue weighted by molar-refractivity contribution is 5.65. The number of hydrogen-bond acceptors (Lipinski definition) is 2. The average molecular weight is 304 g/mol. The van der Waals surface area contributed by atoms with E-state index in [9.17, 15) is 5.26 Å². The van der Waals surface area contributed by atoms with Crippen molar-refractivity contribution >= 4 is 11.4 Å². The van der Waals surface area contributed by atoms with Gasteiger partial charge in [-0.25, -0.2) is 0 Å². The van der Waals surface area contributed by atoms with Crippen molar-refractivity contribution in [3.05, 3.63) is 59.2 Å². The molecule has 1 aliphatic rings. The quantitative estimate of drug-likeness (QED) is 0.802. The third kappa shape index (κ3) is 3.10. The van der Waals surface area contributed by atoms with Gasteiger partial charge in [0.2, 0.25) is 0 Å².